The van der Waals surface area contributed by atoms with E-state index in [2.05, 4.69) is 14.7 Å². The van der Waals surface area contributed by atoms with Crippen molar-refractivity contribution >= 4 is 32.6 Å². The third-order valence-corrected chi connectivity index (χ3v) is 7.42. The number of pyridine rings is 1. The molecule has 0 saturated heterocycles. The molecule has 0 saturated carbocycles. The van der Waals surface area contributed by atoms with E-state index >= 15 is 0 Å². The van der Waals surface area contributed by atoms with Gasteiger partial charge in [0.05, 0.1) is 30.8 Å². The number of halogens is 2. The number of rotatable bonds is 7. The summed E-state index contributed by atoms with van der Waals surface area (Å²) in [6, 6.07) is 15.2. The van der Waals surface area contributed by atoms with Crippen molar-refractivity contribution < 1.29 is 26.7 Å². The molecule has 10 nitrogen and oxygen atoms in total. The van der Waals surface area contributed by atoms with Gasteiger partial charge in [-0.2, -0.15) is 0 Å². The molecule has 0 radical (unpaired) electrons. The third kappa shape index (κ3) is 4.78. The highest BCUT2D eigenvalue weighted by atomic mass is 32.2. The minimum Gasteiger partial charge on any atom is -0.495 e. The topological polar surface area (TPSA) is 138 Å². The summed E-state index contributed by atoms with van der Waals surface area (Å²) in [5.41, 5.74) is 7.21. The van der Waals surface area contributed by atoms with Crippen LogP contribution >= 0.6 is 0 Å². The number of benzene rings is 3. The average molecular weight is 566 g/mol. The number of hydrogen-bond donors (Lipinski definition) is 2. The molecule has 0 aliphatic heterocycles. The van der Waals surface area contributed by atoms with Crippen molar-refractivity contribution in [1.82, 2.24) is 14.5 Å². The summed E-state index contributed by atoms with van der Waals surface area (Å²) >= 11 is 0. The molecule has 3 aromatic carbocycles. The molecule has 3 N–H and O–H groups in total. The molecular formula is C27H21F2N5O5S. The van der Waals surface area contributed by atoms with E-state index in [1.54, 1.807) is 42.5 Å². The van der Waals surface area contributed by atoms with Gasteiger partial charge in [0.15, 0.2) is 0 Å². The normalized spacial score (nSPS) is 11.4. The van der Waals surface area contributed by atoms with Gasteiger partial charge >= 0.3 is 0 Å². The number of hydrogen-bond acceptors (Lipinski definition) is 8. The first-order valence-corrected chi connectivity index (χ1v) is 13.1. The fourth-order valence-electron chi connectivity index (χ4n) is 4.17. The van der Waals surface area contributed by atoms with E-state index < -0.39 is 32.1 Å². The number of anilines is 2. The molecule has 2 heterocycles. The van der Waals surface area contributed by atoms with Crippen molar-refractivity contribution in [2.75, 3.05) is 24.7 Å². The highest BCUT2D eigenvalue weighted by Crippen LogP contribution is 2.32. The number of aromatic nitrogens is 3. The zero-order chi connectivity index (χ0) is 28.6. The largest absolute Gasteiger partial charge is 0.495 e. The van der Waals surface area contributed by atoms with E-state index in [0.29, 0.717) is 34.1 Å². The average Bonchev–Trinajstić information content (AvgIpc) is 2.92. The minimum atomic E-state index is -4.48. The molecule has 5 rings (SSSR count). The second kappa shape index (κ2) is 10.3. The lowest BCUT2D eigenvalue weighted by Gasteiger charge is -2.15. The van der Waals surface area contributed by atoms with Crippen LogP contribution < -0.4 is 25.5 Å². The van der Waals surface area contributed by atoms with Crippen LogP contribution in [0.3, 0.4) is 0 Å². The third-order valence-electron chi connectivity index (χ3n) is 6.03. The van der Waals surface area contributed by atoms with Gasteiger partial charge in [-0.3, -0.25) is 9.52 Å². The maximum atomic E-state index is 14.2. The van der Waals surface area contributed by atoms with Crippen LogP contribution in [-0.2, 0) is 10.0 Å². The summed E-state index contributed by atoms with van der Waals surface area (Å²) in [7, 11) is -1.73. The van der Waals surface area contributed by atoms with Gasteiger partial charge in [-0.15, -0.1) is 0 Å². The Morgan fingerprint density at radius 3 is 2.45 bits per heavy atom. The van der Waals surface area contributed by atoms with Crippen LogP contribution in [0.5, 0.6) is 11.6 Å². The molecule has 0 unspecified atom stereocenters. The first-order valence-electron chi connectivity index (χ1n) is 11.6. The van der Waals surface area contributed by atoms with E-state index in [0.717, 1.165) is 12.1 Å². The second-order valence-corrected chi connectivity index (χ2v) is 10.1. The molecule has 0 amide bonds. The van der Waals surface area contributed by atoms with E-state index in [1.165, 1.54) is 31.0 Å². The summed E-state index contributed by atoms with van der Waals surface area (Å²) in [5.74, 6) is -1.89. The number of nitrogens with one attached hydrogen (secondary N) is 1. The fraction of sp³-hybridized carbons (Fsp3) is 0.0741. The summed E-state index contributed by atoms with van der Waals surface area (Å²) in [6.07, 6.45) is 1.42. The molecule has 13 heteroatoms. The Kier molecular flexibility index (Phi) is 6.81. The van der Waals surface area contributed by atoms with Crippen LogP contribution in [0.4, 0.5) is 20.4 Å². The van der Waals surface area contributed by atoms with Crippen LogP contribution in [0, 0.1) is 11.6 Å². The monoisotopic (exact) mass is 565 g/mol. The Bertz CT molecular complexity index is 1950. The molecule has 0 bridgehead atoms. The van der Waals surface area contributed by atoms with Crippen molar-refractivity contribution in [2.24, 2.45) is 0 Å². The maximum absolute atomic E-state index is 14.2. The number of para-hydroxylation sites is 2. The number of sulfonamides is 1. The van der Waals surface area contributed by atoms with Crippen molar-refractivity contribution in [3.8, 4) is 28.4 Å². The van der Waals surface area contributed by atoms with Crippen LogP contribution in [-0.4, -0.2) is 37.2 Å². The number of nitrogens with zero attached hydrogens (tertiary/aromatic N) is 3. The second-order valence-electron chi connectivity index (χ2n) is 8.48. The predicted molar refractivity (Wildman–Crippen MR) is 145 cm³/mol. The lowest BCUT2D eigenvalue weighted by atomic mass is 10.0. The zero-order valence-corrected chi connectivity index (χ0v) is 21.9. The van der Waals surface area contributed by atoms with Crippen LogP contribution in [0.1, 0.15) is 0 Å². The number of ether oxygens (including phenoxy) is 2. The molecule has 2 aromatic heterocycles. The molecular weight excluding hydrogens is 544 g/mol. The predicted octanol–water partition coefficient (Wildman–Crippen LogP) is 4.13. The number of nitrogen functional groups attached to an aromatic ring is 1. The summed E-state index contributed by atoms with van der Waals surface area (Å²) in [5, 5.41) is 0.226. The molecule has 0 aliphatic carbocycles. The minimum absolute atomic E-state index is 0.0365. The van der Waals surface area contributed by atoms with Crippen LogP contribution in [0.15, 0.2) is 82.6 Å². The van der Waals surface area contributed by atoms with Crippen LogP contribution in [0.2, 0.25) is 0 Å². The molecule has 0 aliphatic rings. The van der Waals surface area contributed by atoms with Gasteiger partial charge in [-0.25, -0.2) is 31.7 Å². The van der Waals surface area contributed by atoms with Crippen molar-refractivity contribution in [3.05, 3.63) is 94.9 Å². The van der Waals surface area contributed by atoms with E-state index in [1.807, 2.05) is 0 Å². The Balaban J connectivity index is 1.61. The van der Waals surface area contributed by atoms with Gasteiger partial charge < -0.3 is 15.2 Å². The highest BCUT2D eigenvalue weighted by molar-refractivity contribution is 7.92. The molecule has 0 fully saturated rings. The Morgan fingerprint density at radius 2 is 1.73 bits per heavy atom. The summed E-state index contributed by atoms with van der Waals surface area (Å²) < 4.78 is 67.4. The molecule has 0 atom stereocenters. The van der Waals surface area contributed by atoms with Gasteiger partial charge in [0.2, 0.25) is 11.8 Å². The zero-order valence-electron chi connectivity index (χ0n) is 21.1. The van der Waals surface area contributed by atoms with Gasteiger partial charge in [-0.05, 0) is 48.0 Å². The first kappa shape index (κ1) is 26.6. The maximum Gasteiger partial charge on any atom is 0.267 e. The van der Waals surface area contributed by atoms with Crippen molar-refractivity contribution in [2.45, 2.75) is 4.90 Å². The summed E-state index contributed by atoms with van der Waals surface area (Å²) in [4.78, 5) is 21.3. The lowest BCUT2D eigenvalue weighted by Crippen LogP contribution is -2.23. The van der Waals surface area contributed by atoms with Crippen molar-refractivity contribution in [3.63, 3.8) is 0 Å². The van der Waals surface area contributed by atoms with Gasteiger partial charge in [0.25, 0.3) is 15.6 Å². The van der Waals surface area contributed by atoms with Gasteiger partial charge in [0.1, 0.15) is 28.0 Å². The Hall–Kier alpha value is -5.04. The van der Waals surface area contributed by atoms with Gasteiger partial charge in [0, 0.05) is 17.8 Å². The number of fused-ring (bicyclic) bond motifs is 1. The molecule has 204 valence electrons. The Morgan fingerprint density at radius 1 is 0.950 bits per heavy atom. The first-order chi connectivity index (χ1) is 19.1. The van der Waals surface area contributed by atoms with E-state index in [-0.39, 0.29) is 22.9 Å². The van der Waals surface area contributed by atoms with E-state index in [9.17, 15) is 22.0 Å². The molecule has 40 heavy (non-hydrogen) atoms. The van der Waals surface area contributed by atoms with Crippen LogP contribution in [0.25, 0.3) is 27.7 Å². The molecule has 0 spiro atoms. The van der Waals surface area contributed by atoms with Crippen molar-refractivity contribution in [1.29, 1.82) is 0 Å². The fourth-order valence-corrected chi connectivity index (χ4v) is 5.28. The lowest BCUT2D eigenvalue weighted by molar-refractivity contribution is 0.400. The Labute approximate surface area is 226 Å². The smallest absolute Gasteiger partial charge is 0.267 e. The number of nitrogens with two attached hydrogens (primary N) is 1. The van der Waals surface area contributed by atoms with Gasteiger partial charge in [-0.1, -0.05) is 18.2 Å². The highest BCUT2D eigenvalue weighted by Gasteiger charge is 2.22. The standard InChI is InChI=1S/C27H21F2N5O5S/c1-38-23-6-4-3-5-22(23)34-26(35)18-11-15(7-9-20(18)32-27(34)30)16-12-21(25(39-2)31-14-16)33-40(36,37)24-10-8-17(28)13-19(24)29/h3-14,33H,1-2H3,(H2,30,32). The molecule has 5 aromatic rings. The summed E-state index contributed by atoms with van der Waals surface area (Å²) in [6.45, 7) is 0. The quantitative estimate of drug-likeness (QED) is 0.301. The SMILES string of the molecule is COc1ccccc1-n1c(N)nc2ccc(-c3cnc(OC)c(NS(=O)(=O)c4ccc(F)cc4F)c3)cc2c1=O. The van der Waals surface area contributed by atoms with E-state index in [4.69, 9.17) is 15.2 Å². The number of methoxy groups -OCH3 is 2.